The maximum absolute atomic E-state index is 4.89. The van der Waals surface area contributed by atoms with Gasteiger partial charge in [-0.1, -0.05) is 31.0 Å². The molecule has 0 unspecified atom stereocenters. The third-order valence-electron chi connectivity index (χ3n) is 4.72. The van der Waals surface area contributed by atoms with Crippen molar-refractivity contribution in [2.45, 2.75) is 32.1 Å². The van der Waals surface area contributed by atoms with E-state index in [0.717, 1.165) is 48.7 Å². The summed E-state index contributed by atoms with van der Waals surface area (Å²) in [4.78, 5) is 13.5. The van der Waals surface area contributed by atoms with Crippen molar-refractivity contribution in [3.63, 3.8) is 0 Å². The topological polar surface area (TPSA) is 41.1 Å². The summed E-state index contributed by atoms with van der Waals surface area (Å²) in [6.07, 6.45) is 6.12. The minimum absolute atomic E-state index is 0.874. The molecule has 1 aromatic carbocycles. The van der Waals surface area contributed by atoms with Crippen LogP contribution in [0.1, 0.15) is 30.6 Å². The van der Waals surface area contributed by atoms with Crippen LogP contribution in [0.3, 0.4) is 0 Å². The van der Waals surface area contributed by atoms with Crippen LogP contribution >= 0.6 is 11.3 Å². The molecular weight excluding hydrogens is 328 g/mol. The Morgan fingerprint density at radius 3 is 2.60 bits per heavy atom. The van der Waals surface area contributed by atoms with Crippen LogP contribution < -0.4 is 10.2 Å². The van der Waals surface area contributed by atoms with Crippen LogP contribution in [-0.2, 0) is 6.42 Å². The van der Waals surface area contributed by atoms with E-state index < -0.39 is 0 Å². The number of hydrogen-bond acceptors (Lipinski definition) is 5. The number of hydrogen-bond donors (Lipinski definition) is 1. The molecule has 3 heterocycles. The molecule has 0 aliphatic carbocycles. The van der Waals surface area contributed by atoms with E-state index in [1.54, 1.807) is 0 Å². The predicted molar refractivity (Wildman–Crippen MR) is 107 cm³/mol. The van der Waals surface area contributed by atoms with Crippen molar-refractivity contribution in [3.8, 4) is 0 Å². The molecule has 1 saturated heterocycles. The van der Waals surface area contributed by atoms with Gasteiger partial charge in [0.15, 0.2) is 0 Å². The molecule has 130 valence electrons. The lowest BCUT2D eigenvalue weighted by Gasteiger charge is -2.21. The molecule has 1 aliphatic heterocycles. The molecule has 5 heteroatoms. The van der Waals surface area contributed by atoms with Crippen LogP contribution in [0, 0.1) is 0 Å². The molecule has 1 aliphatic rings. The molecule has 3 aromatic rings. The summed E-state index contributed by atoms with van der Waals surface area (Å²) in [5.74, 6) is 1.83. The van der Waals surface area contributed by atoms with Gasteiger partial charge < -0.3 is 10.2 Å². The SMILES string of the molecule is c1csc(CCNc2nc(N3CCCCCC3)nc3ccccc23)c1. The summed E-state index contributed by atoms with van der Waals surface area (Å²) >= 11 is 1.81. The van der Waals surface area contributed by atoms with Crippen molar-refractivity contribution in [1.82, 2.24) is 9.97 Å². The third kappa shape index (κ3) is 3.93. The van der Waals surface area contributed by atoms with Crippen molar-refractivity contribution in [3.05, 3.63) is 46.7 Å². The second-order valence-electron chi connectivity index (χ2n) is 6.55. The molecule has 0 spiro atoms. The van der Waals surface area contributed by atoms with Gasteiger partial charge in [0.1, 0.15) is 5.82 Å². The Morgan fingerprint density at radius 1 is 0.960 bits per heavy atom. The van der Waals surface area contributed by atoms with Crippen molar-refractivity contribution >= 4 is 34.0 Å². The van der Waals surface area contributed by atoms with Crippen LogP contribution in [0.4, 0.5) is 11.8 Å². The van der Waals surface area contributed by atoms with E-state index in [1.807, 2.05) is 11.3 Å². The number of aromatic nitrogens is 2. The van der Waals surface area contributed by atoms with Crippen molar-refractivity contribution in [2.75, 3.05) is 29.9 Å². The highest BCUT2D eigenvalue weighted by Crippen LogP contribution is 2.25. The molecule has 0 radical (unpaired) electrons. The highest BCUT2D eigenvalue weighted by Gasteiger charge is 2.15. The summed E-state index contributed by atoms with van der Waals surface area (Å²) < 4.78 is 0. The van der Waals surface area contributed by atoms with Gasteiger partial charge >= 0.3 is 0 Å². The summed E-state index contributed by atoms with van der Waals surface area (Å²) in [6, 6.07) is 12.6. The first-order valence-electron chi connectivity index (χ1n) is 9.18. The monoisotopic (exact) mass is 352 g/mol. The van der Waals surface area contributed by atoms with Crippen LogP contribution in [0.5, 0.6) is 0 Å². The molecule has 1 N–H and O–H groups in total. The van der Waals surface area contributed by atoms with Crippen LogP contribution in [-0.4, -0.2) is 29.6 Å². The van der Waals surface area contributed by atoms with Gasteiger partial charge in [-0.05, 0) is 42.8 Å². The van der Waals surface area contributed by atoms with Gasteiger partial charge in [-0.15, -0.1) is 11.3 Å². The summed E-state index contributed by atoms with van der Waals surface area (Å²) in [5, 5.41) is 6.79. The van der Waals surface area contributed by atoms with E-state index in [4.69, 9.17) is 9.97 Å². The highest BCUT2D eigenvalue weighted by molar-refractivity contribution is 7.09. The van der Waals surface area contributed by atoms with Crippen molar-refractivity contribution in [1.29, 1.82) is 0 Å². The average Bonchev–Trinajstić information content (AvgIpc) is 3.01. The fourth-order valence-electron chi connectivity index (χ4n) is 3.37. The fourth-order valence-corrected chi connectivity index (χ4v) is 4.08. The Morgan fingerprint density at radius 2 is 1.80 bits per heavy atom. The normalized spacial score (nSPS) is 15.3. The van der Waals surface area contributed by atoms with E-state index in [1.165, 1.54) is 30.6 Å². The quantitative estimate of drug-likeness (QED) is 0.721. The molecule has 0 amide bonds. The highest BCUT2D eigenvalue weighted by atomic mass is 32.1. The van der Waals surface area contributed by atoms with E-state index in [2.05, 4.69) is 52.0 Å². The molecule has 0 bridgehead atoms. The van der Waals surface area contributed by atoms with E-state index in [9.17, 15) is 0 Å². The molecule has 4 nitrogen and oxygen atoms in total. The van der Waals surface area contributed by atoms with E-state index in [0.29, 0.717) is 0 Å². The summed E-state index contributed by atoms with van der Waals surface area (Å²) in [7, 11) is 0. The lowest BCUT2D eigenvalue weighted by molar-refractivity contribution is 0.726. The lowest BCUT2D eigenvalue weighted by Crippen LogP contribution is -2.26. The zero-order valence-corrected chi connectivity index (χ0v) is 15.3. The van der Waals surface area contributed by atoms with Gasteiger partial charge in [0.2, 0.25) is 5.95 Å². The van der Waals surface area contributed by atoms with Crippen LogP contribution in [0.15, 0.2) is 41.8 Å². The smallest absolute Gasteiger partial charge is 0.227 e. The fraction of sp³-hybridized carbons (Fsp3) is 0.400. The lowest BCUT2D eigenvalue weighted by atomic mass is 10.2. The van der Waals surface area contributed by atoms with Gasteiger partial charge in [0.25, 0.3) is 0 Å². The van der Waals surface area contributed by atoms with Gasteiger partial charge in [-0.25, -0.2) is 4.98 Å². The number of thiophene rings is 1. The molecule has 0 saturated carbocycles. The Kier molecular flexibility index (Phi) is 5.11. The molecular formula is C20H24N4S. The molecule has 25 heavy (non-hydrogen) atoms. The zero-order valence-electron chi connectivity index (χ0n) is 14.4. The Labute approximate surface area is 152 Å². The van der Waals surface area contributed by atoms with Crippen LogP contribution in [0.25, 0.3) is 10.9 Å². The predicted octanol–water partition coefficient (Wildman–Crippen LogP) is 4.73. The minimum Gasteiger partial charge on any atom is -0.369 e. The molecule has 2 aromatic heterocycles. The molecule has 1 fully saturated rings. The maximum atomic E-state index is 4.89. The number of anilines is 2. The molecule has 4 rings (SSSR count). The minimum atomic E-state index is 0.874. The largest absolute Gasteiger partial charge is 0.369 e. The number of rotatable bonds is 5. The zero-order chi connectivity index (χ0) is 16.9. The number of para-hydroxylation sites is 1. The maximum Gasteiger partial charge on any atom is 0.227 e. The van der Waals surface area contributed by atoms with Gasteiger partial charge in [0.05, 0.1) is 5.52 Å². The third-order valence-corrected chi connectivity index (χ3v) is 5.66. The number of nitrogens with zero attached hydrogens (tertiary/aromatic N) is 3. The number of fused-ring (bicyclic) bond motifs is 1. The standard InChI is InChI=1S/C20H24N4S/c1-2-6-14-24(13-5-1)20-22-18-10-4-3-9-17(18)19(23-20)21-12-11-16-8-7-15-25-16/h3-4,7-10,15H,1-2,5-6,11-14H2,(H,21,22,23). The molecule has 0 atom stereocenters. The number of benzene rings is 1. The van der Waals surface area contributed by atoms with Crippen molar-refractivity contribution in [2.24, 2.45) is 0 Å². The average molecular weight is 353 g/mol. The first kappa shape index (κ1) is 16.3. The van der Waals surface area contributed by atoms with Gasteiger partial charge in [-0.2, -0.15) is 4.98 Å². The van der Waals surface area contributed by atoms with E-state index >= 15 is 0 Å². The van der Waals surface area contributed by atoms with Crippen molar-refractivity contribution < 1.29 is 0 Å². The van der Waals surface area contributed by atoms with Gasteiger partial charge in [-0.3, -0.25) is 0 Å². The second kappa shape index (κ2) is 7.83. The Balaban J connectivity index is 1.59. The summed E-state index contributed by atoms with van der Waals surface area (Å²) in [5.41, 5.74) is 1.02. The Hall–Kier alpha value is -2.14. The first-order chi connectivity index (χ1) is 12.4. The van der Waals surface area contributed by atoms with Gasteiger partial charge in [0, 0.05) is 29.9 Å². The Bertz CT molecular complexity index is 808. The number of nitrogens with one attached hydrogen (secondary N) is 1. The summed E-state index contributed by atoms with van der Waals surface area (Å²) in [6.45, 7) is 3.01. The van der Waals surface area contributed by atoms with Crippen LogP contribution in [0.2, 0.25) is 0 Å². The van der Waals surface area contributed by atoms with E-state index in [-0.39, 0.29) is 0 Å². The first-order valence-corrected chi connectivity index (χ1v) is 10.1. The second-order valence-corrected chi connectivity index (χ2v) is 7.58.